The maximum Gasteiger partial charge on any atom is 0.227 e. The third-order valence-corrected chi connectivity index (χ3v) is 2.10. The van der Waals surface area contributed by atoms with Crippen molar-refractivity contribution in [3.8, 4) is 0 Å². The molecule has 1 rings (SSSR count). The van der Waals surface area contributed by atoms with E-state index in [9.17, 15) is 9.59 Å². The molecule has 4 heteroatoms. The van der Waals surface area contributed by atoms with Crippen LogP contribution in [-0.4, -0.2) is 23.7 Å². The van der Waals surface area contributed by atoms with Gasteiger partial charge in [-0.2, -0.15) is 0 Å². The van der Waals surface area contributed by atoms with E-state index in [2.05, 4.69) is 4.98 Å². The Morgan fingerprint density at radius 3 is 2.67 bits per heavy atom. The summed E-state index contributed by atoms with van der Waals surface area (Å²) in [6.07, 6.45) is 3.81. The standard InChI is InChI=1S/C11H14N2O2/c1-9(14)5-6-11(15)13(2)10-4-3-7-12-8-10/h3-4,7-8H,5-6H2,1-2H3. The van der Waals surface area contributed by atoms with Gasteiger partial charge in [0.1, 0.15) is 5.78 Å². The number of amides is 1. The van der Waals surface area contributed by atoms with Gasteiger partial charge < -0.3 is 9.69 Å². The van der Waals surface area contributed by atoms with Crippen molar-refractivity contribution >= 4 is 17.4 Å². The summed E-state index contributed by atoms with van der Waals surface area (Å²) in [4.78, 5) is 27.8. The number of carbonyl (C=O) groups excluding carboxylic acids is 2. The van der Waals surface area contributed by atoms with Gasteiger partial charge in [0.15, 0.2) is 0 Å². The normalized spacial score (nSPS) is 9.73. The molecule has 4 nitrogen and oxygen atoms in total. The zero-order valence-corrected chi connectivity index (χ0v) is 8.93. The van der Waals surface area contributed by atoms with Crippen LogP contribution in [-0.2, 0) is 9.59 Å². The molecule has 1 aromatic rings. The molecule has 1 amide bonds. The summed E-state index contributed by atoms with van der Waals surface area (Å²) in [6.45, 7) is 1.48. The molecular weight excluding hydrogens is 192 g/mol. The van der Waals surface area contributed by atoms with E-state index in [1.807, 2.05) is 0 Å². The van der Waals surface area contributed by atoms with Crippen molar-refractivity contribution in [2.24, 2.45) is 0 Å². The number of rotatable bonds is 4. The number of ketones is 1. The molecule has 1 aromatic heterocycles. The molecule has 0 aliphatic heterocycles. The average Bonchev–Trinajstić information content (AvgIpc) is 2.26. The fourth-order valence-electron chi connectivity index (χ4n) is 1.15. The number of aromatic nitrogens is 1. The van der Waals surface area contributed by atoms with Crippen molar-refractivity contribution < 1.29 is 9.59 Å². The van der Waals surface area contributed by atoms with E-state index in [1.54, 1.807) is 31.6 Å². The predicted molar refractivity (Wildman–Crippen MR) is 57.6 cm³/mol. The first-order valence-electron chi connectivity index (χ1n) is 4.77. The summed E-state index contributed by atoms with van der Waals surface area (Å²) >= 11 is 0. The quantitative estimate of drug-likeness (QED) is 0.748. The Morgan fingerprint density at radius 1 is 1.40 bits per heavy atom. The number of hydrogen-bond acceptors (Lipinski definition) is 3. The minimum Gasteiger partial charge on any atom is -0.314 e. The van der Waals surface area contributed by atoms with Crippen LogP contribution in [0.15, 0.2) is 24.5 Å². The summed E-state index contributed by atoms with van der Waals surface area (Å²) in [6, 6.07) is 3.57. The maximum absolute atomic E-state index is 11.6. The van der Waals surface area contributed by atoms with Gasteiger partial charge in [-0.25, -0.2) is 0 Å². The Hall–Kier alpha value is -1.71. The highest BCUT2D eigenvalue weighted by molar-refractivity contribution is 5.94. The van der Waals surface area contributed by atoms with Gasteiger partial charge in [-0.1, -0.05) is 0 Å². The van der Waals surface area contributed by atoms with E-state index in [-0.39, 0.29) is 18.1 Å². The first-order chi connectivity index (χ1) is 7.11. The summed E-state index contributed by atoms with van der Waals surface area (Å²) in [7, 11) is 1.68. The van der Waals surface area contributed by atoms with Crippen LogP contribution in [0.3, 0.4) is 0 Å². The van der Waals surface area contributed by atoms with Gasteiger partial charge in [0.25, 0.3) is 0 Å². The maximum atomic E-state index is 11.6. The Morgan fingerprint density at radius 2 is 2.13 bits per heavy atom. The number of hydrogen-bond donors (Lipinski definition) is 0. The molecule has 0 fully saturated rings. The molecule has 0 atom stereocenters. The van der Waals surface area contributed by atoms with Crippen molar-refractivity contribution in [3.63, 3.8) is 0 Å². The second-order valence-electron chi connectivity index (χ2n) is 3.37. The lowest BCUT2D eigenvalue weighted by Gasteiger charge is -2.16. The average molecular weight is 206 g/mol. The fraction of sp³-hybridized carbons (Fsp3) is 0.364. The summed E-state index contributed by atoms with van der Waals surface area (Å²) < 4.78 is 0. The second-order valence-corrected chi connectivity index (χ2v) is 3.37. The largest absolute Gasteiger partial charge is 0.314 e. The van der Waals surface area contributed by atoms with E-state index in [0.29, 0.717) is 6.42 Å². The van der Waals surface area contributed by atoms with Crippen LogP contribution in [0.2, 0.25) is 0 Å². The smallest absolute Gasteiger partial charge is 0.227 e. The predicted octanol–water partition coefficient (Wildman–Crippen LogP) is 1.41. The van der Waals surface area contributed by atoms with Crippen molar-refractivity contribution in [2.45, 2.75) is 19.8 Å². The number of carbonyl (C=O) groups is 2. The highest BCUT2D eigenvalue weighted by Gasteiger charge is 2.11. The first-order valence-corrected chi connectivity index (χ1v) is 4.77. The van der Waals surface area contributed by atoms with E-state index in [1.165, 1.54) is 11.8 Å². The molecule has 0 spiro atoms. The Labute approximate surface area is 88.9 Å². The van der Waals surface area contributed by atoms with E-state index in [0.717, 1.165) is 5.69 Å². The van der Waals surface area contributed by atoms with E-state index in [4.69, 9.17) is 0 Å². The van der Waals surface area contributed by atoms with Gasteiger partial charge in [0, 0.05) is 26.1 Å². The highest BCUT2D eigenvalue weighted by atomic mass is 16.2. The zero-order valence-electron chi connectivity index (χ0n) is 8.93. The van der Waals surface area contributed by atoms with Gasteiger partial charge in [-0.15, -0.1) is 0 Å². The van der Waals surface area contributed by atoms with Crippen LogP contribution >= 0.6 is 0 Å². The molecule has 0 saturated carbocycles. The fourth-order valence-corrected chi connectivity index (χ4v) is 1.15. The minimum absolute atomic E-state index is 0.0305. The Kier molecular flexibility index (Phi) is 3.97. The molecule has 0 saturated heterocycles. The lowest BCUT2D eigenvalue weighted by atomic mass is 10.2. The second kappa shape index (κ2) is 5.24. The van der Waals surface area contributed by atoms with Crippen molar-refractivity contribution in [1.82, 2.24) is 4.98 Å². The van der Waals surface area contributed by atoms with Gasteiger partial charge >= 0.3 is 0 Å². The Balaban J connectivity index is 2.57. The van der Waals surface area contributed by atoms with Gasteiger partial charge in [-0.3, -0.25) is 9.78 Å². The molecule has 0 unspecified atom stereocenters. The summed E-state index contributed by atoms with van der Waals surface area (Å²) in [5.41, 5.74) is 0.742. The summed E-state index contributed by atoms with van der Waals surface area (Å²) in [5.74, 6) is -0.0406. The molecule has 1 heterocycles. The van der Waals surface area contributed by atoms with Crippen LogP contribution in [0.4, 0.5) is 5.69 Å². The van der Waals surface area contributed by atoms with Crippen LogP contribution in [0.1, 0.15) is 19.8 Å². The summed E-state index contributed by atoms with van der Waals surface area (Å²) in [5, 5.41) is 0. The van der Waals surface area contributed by atoms with Crippen molar-refractivity contribution in [3.05, 3.63) is 24.5 Å². The third kappa shape index (κ3) is 3.50. The van der Waals surface area contributed by atoms with Crippen molar-refractivity contribution in [2.75, 3.05) is 11.9 Å². The van der Waals surface area contributed by atoms with Crippen LogP contribution < -0.4 is 4.90 Å². The third-order valence-electron chi connectivity index (χ3n) is 2.10. The molecule has 80 valence electrons. The molecular formula is C11H14N2O2. The first kappa shape index (κ1) is 11.4. The molecule has 0 aliphatic rings. The van der Waals surface area contributed by atoms with E-state index >= 15 is 0 Å². The number of nitrogens with zero attached hydrogens (tertiary/aromatic N) is 2. The SMILES string of the molecule is CC(=O)CCC(=O)N(C)c1cccnc1. The highest BCUT2D eigenvalue weighted by Crippen LogP contribution is 2.11. The van der Waals surface area contributed by atoms with Crippen LogP contribution in [0.5, 0.6) is 0 Å². The number of Topliss-reactive ketones (excluding diaryl/α,β-unsaturated/α-hetero) is 1. The van der Waals surface area contributed by atoms with Crippen LogP contribution in [0, 0.1) is 0 Å². The lowest BCUT2D eigenvalue weighted by molar-refractivity contribution is -0.122. The van der Waals surface area contributed by atoms with E-state index < -0.39 is 0 Å². The Bertz CT molecular complexity index is 349. The molecule has 0 aromatic carbocycles. The van der Waals surface area contributed by atoms with Gasteiger partial charge in [0.2, 0.25) is 5.91 Å². The van der Waals surface area contributed by atoms with Crippen LogP contribution in [0.25, 0.3) is 0 Å². The number of anilines is 1. The molecule has 0 aliphatic carbocycles. The molecule has 15 heavy (non-hydrogen) atoms. The molecule has 0 radical (unpaired) electrons. The van der Waals surface area contributed by atoms with Gasteiger partial charge in [0.05, 0.1) is 11.9 Å². The topological polar surface area (TPSA) is 50.3 Å². The lowest BCUT2D eigenvalue weighted by Crippen LogP contribution is -2.26. The zero-order chi connectivity index (χ0) is 11.3. The number of pyridine rings is 1. The van der Waals surface area contributed by atoms with Gasteiger partial charge in [-0.05, 0) is 19.1 Å². The molecule has 0 bridgehead atoms. The molecule has 0 N–H and O–H groups in total. The minimum atomic E-state index is -0.0711. The van der Waals surface area contributed by atoms with Crippen molar-refractivity contribution in [1.29, 1.82) is 0 Å². The monoisotopic (exact) mass is 206 g/mol.